The lowest BCUT2D eigenvalue weighted by Gasteiger charge is -2.07. The highest BCUT2D eigenvalue weighted by Gasteiger charge is 2.12. The van der Waals surface area contributed by atoms with Crippen molar-refractivity contribution in [3.63, 3.8) is 0 Å². The average molecular weight is 350 g/mol. The summed E-state index contributed by atoms with van der Waals surface area (Å²) in [4.78, 5) is 24.2. The molecule has 26 heavy (non-hydrogen) atoms. The molecule has 0 aliphatic heterocycles. The van der Waals surface area contributed by atoms with Crippen molar-refractivity contribution in [2.24, 2.45) is 0 Å². The molecule has 6 nitrogen and oxygen atoms in total. The number of ether oxygens (including phenoxy) is 2. The molecule has 0 bridgehead atoms. The molecule has 0 N–H and O–H groups in total. The van der Waals surface area contributed by atoms with Crippen molar-refractivity contribution < 1.29 is 19.1 Å². The van der Waals surface area contributed by atoms with E-state index in [0.717, 1.165) is 5.69 Å². The molecule has 1 heterocycles. The Balaban J connectivity index is 1.57. The van der Waals surface area contributed by atoms with Crippen molar-refractivity contribution in [1.29, 1.82) is 0 Å². The standard InChI is InChI=1S/C20H18N2O4/c1-2-25-18-10-6-15(7-11-18)19(23)14-26-20(24)16-4-8-17(9-5-16)22-13-3-12-21-22/h3-13H,2,14H2,1H3. The van der Waals surface area contributed by atoms with Gasteiger partial charge in [-0.2, -0.15) is 5.10 Å². The van der Waals surface area contributed by atoms with E-state index in [1.54, 1.807) is 59.4 Å². The SMILES string of the molecule is CCOc1ccc(C(=O)COC(=O)c2ccc(-n3cccn3)cc2)cc1. The van der Waals surface area contributed by atoms with E-state index in [2.05, 4.69) is 5.10 Å². The molecule has 0 saturated heterocycles. The number of aromatic nitrogens is 2. The van der Waals surface area contributed by atoms with Crippen LogP contribution in [-0.2, 0) is 4.74 Å². The Morgan fingerprint density at radius 3 is 2.31 bits per heavy atom. The molecular weight excluding hydrogens is 332 g/mol. The smallest absolute Gasteiger partial charge is 0.338 e. The Bertz CT molecular complexity index is 869. The first-order valence-corrected chi connectivity index (χ1v) is 8.20. The van der Waals surface area contributed by atoms with Crippen LogP contribution in [0.25, 0.3) is 5.69 Å². The van der Waals surface area contributed by atoms with Gasteiger partial charge in [-0.05, 0) is 61.5 Å². The van der Waals surface area contributed by atoms with Crippen LogP contribution in [0.4, 0.5) is 0 Å². The van der Waals surface area contributed by atoms with Gasteiger partial charge in [-0.15, -0.1) is 0 Å². The van der Waals surface area contributed by atoms with Crippen LogP contribution in [-0.4, -0.2) is 34.7 Å². The first-order chi connectivity index (χ1) is 12.7. The number of hydrogen-bond donors (Lipinski definition) is 0. The fourth-order valence-corrected chi connectivity index (χ4v) is 2.37. The van der Waals surface area contributed by atoms with Crippen molar-refractivity contribution in [2.45, 2.75) is 6.92 Å². The third-order valence-corrected chi connectivity index (χ3v) is 3.69. The van der Waals surface area contributed by atoms with Gasteiger partial charge in [-0.25, -0.2) is 9.48 Å². The van der Waals surface area contributed by atoms with Crippen molar-refractivity contribution in [3.05, 3.63) is 78.1 Å². The number of hydrogen-bond acceptors (Lipinski definition) is 5. The first kappa shape index (κ1) is 17.4. The van der Waals surface area contributed by atoms with E-state index in [4.69, 9.17) is 9.47 Å². The van der Waals surface area contributed by atoms with E-state index in [0.29, 0.717) is 23.5 Å². The fraction of sp³-hybridized carbons (Fsp3) is 0.150. The van der Waals surface area contributed by atoms with Crippen LogP contribution in [0.5, 0.6) is 5.75 Å². The van der Waals surface area contributed by atoms with Crippen molar-refractivity contribution >= 4 is 11.8 Å². The molecular formula is C20H18N2O4. The topological polar surface area (TPSA) is 70.4 Å². The molecule has 0 atom stereocenters. The van der Waals surface area contributed by atoms with Gasteiger partial charge in [0.1, 0.15) is 5.75 Å². The zero-order valence-corrected chi connectivity index (χ0v) is 14.3. The quantitative estimate of drug-likeness (QED) is 0.483. The van der Waals surface area contributed by atoms with Gasteiger partial charge >= 0.3 is 5.97 Å². The molecule has 0 fully saturated rings. The number of ketones is 1. The highest BCUT2D eigenvalue weighted by Crippen LogP contribution is 2.13. The van der Waals surface area contributed by atoms with Crippen LogP contribution in [0.2, 0.25) is 0 Å². The molecule has 6 heteroatoms. The minimum Gasteiger partial charge on any atom is -0.494 e. The maximum Gasteiger partial charge on any atom is 0.338 e. The number of benzene rings is 2. The van der Waals surface area contributed by atoms with Crippen molar-refractivity contribution in [1.82, 2.24) is 9.78 Å². The molecule has 132 valence electrons. The Hall–Kier alpha value is -3.41. The Labute approximate surface area is 151 Å². The molecule has 0 aliphatic rings. The van der Waals surface area contributed by atoms with Gasteiger partial charge in [-0.3, -0.25) is 4.79 Å². The Morgan fingerprint density at radius 2 is 1.69 bits per heavy atom. The molecule has 1 aromatic heterocycles. The number of Topliss-reactive ketones (excluding diaryl/α,β-unsaturated/α-hetero) is 1. The van der Waals surface area contributed by atoms with Crippen molar-refractivity contribution in [2.75, 3.05) is 13.2 Å². The van der Waals surface area contributed by atoms with E-state index < -0.39 is 5.97 Å². The number of rotatable bonds is 7. The van der Waals surface area contributed by atoms with Crippen molar-refractivity contribution in [3.8, 4) is 11.4 Å². The number of carbonyl (C=O) groups excluding carboxylic acids is 2. The number of carbonyl (C=O) groups is 2. The molecule has 3 rings (SSSR count). The number of esters is 1. The minimum atomic E-state index is -0.545. The summed E-state index contributed by atoms with van der Waals surface area (Å²) in [6, 6.07) is 15.4. The molecule has 2 aromatic carbocycles. The molecule has 0 unspecified atom stereocenters. The zero-order valence-electron chi connectivity index (χ0n) is 14.3. The predicted molar refractivity (Wildman–Crippen MR) is 95.8 cm³/mol. The van der Waals surface area contributed by atoms with Crippen LogP contribution in [0.3, 0.4) is 0 Å². The minimum absolute atomic E-state index is 0.269. The monoisotopic (exact) mass is 350 g/mol. The third kappa shape index (κ3) is 4.16. The van der Waals surface area contributed by atoms with Gasteiger partial charge in [0, 0.05) is 18.0 Å². The van der Waals surface area contributed by atoms with E-state index in [-0.39, 0.29) is 12.4 Å². The molecule has 0 radical (unpaired) electrons. The lowest BCUT2D eigenvalue weighted by molar-refractivity contribution is 0.0474. The molecule has 0 aliphatic carbocycles. The van der Waals surface area contributed by atoms with Crippen LogP contribution in [0.1, 0.15) is 27.6 Å². The third-order valence-electron chi connectivity index (χ3n) is 3.69. The fourth-order valence-electron chi connectivity index (χ4n) is 2.37. The van der Waals surface area contributed by atoms with Gasteiger partial charge < -0.3 is 9.47 Å². The molecule has 3 aromatic rings. The second-order valence-electron chi connectivity index (χ2n) is 5.45. The van der Waals surface area contributed by atoms with E-state index >= 15 is 0 Å². The normalized spacial score (nSPS) is 10.3. The zero-order chi connectivity index (χ0) is 18.4. The summed E-state index contributed by atoms with van der Waals surface area (Å²) >= 11 is 0. The van der Waals surface area contributed by atoms with E-state index in [9.17, 15) is 9.59 Å². The van der Waals surface area contributed by atoms with Crippen LogP contribution >= 0.6 is 0 Å². The summed E-state index contributed by atoms with van der Waals surface area (Å²) in [5, 5.41) is 4.12. The van der Waals surface area contributed by atoms with Crippen LogP contribution in [0, 0.1) is 0 Å². The average Bonchev–Trinajstić information content (AvgIpc) is 3.21. The summed E-state index contributed by atoms with van der Waals surface area (Å²) < 4.78 is 12.1. The van der Waals surface area contributed by atoms with E-state index in [1.807, 2.05) is 19.2 Å². The highest BCUT2D eigenvalue weighted by molar-refractivity contribution is 5.99. The second kappa shape index (κ2) is 8.11. The summed E-state index contributed by atoms with van der Waals surface area (Å²) in [6.07, 6.45) is 3.48. The Kier molecular flexibility index (Phi) is 5.43. The molecule has 0 saturated carbocycles. The van der Waals surface area contributed by atoms with Gasteiger partial charge in [0.25, 0.3) is 0 Å². The summed E-state index contributed by atoms with van der Waals surface area (Å²) in [7, 11) is 0. The predicted octanol–water partition coefficient (Wildman–Crippen LogP) is 3.31. The van der Waals surface area contributed by atoms with E-state index in [1.165, 1.54) is 0 Å². The number of nitrogens with zero attached hydrogens (tertiary/aromatic N) is 2. The second-order valence-corrected chi connectivity index (χ2v) is 5.45. The Morgan fingerprint density at radius 1 is 1.00 bits per heavy atom. The summed E-state index contributed by atoms with van der Waals surface area (Å²) in [5.41, 5.74) is 1.67. The van der Waals surface area contributed by atoms with Crippen LogP contribution < -0.4 is 4.74 Å². The lowest BCUT2D eigenvalue weighted by atomic mass is 10.1. The molecule has 0 spiro atoms. The maximum atomic E-state index is 12.1. The largest absolute Gasteiger partial charge is 0.494 e. The lowest BCUT2D eigenvalue weighted by Crippen LogP contribution is -2.14. The van der Waals surface area contributed by atoms with Gasteiger partial charge in [0.15, 0.2) is 12.4 Å². The molecule has 0 amide bonds. The van der Waals surface area contributed by atoms with Gasteiger partial charge in [0.2, 0.25) is 0 Å². The highest BCUT2D eigenvalue weighted by atomic mass is 16.5. The summed E-state index contributed by atoms with van der Waals surface area (Å²) in [6.45, 7) is 2.14. The van der Waals surface area contributed by atoms with Crippen LogP contribution in [0.15, 0.2) is 67.0 Å². The van der Waals surface area contributed by atoms with Gasteiger partial charge in [0.05, 0.1) is 17.9 Å². The van der Waals surface area contributed by atoms with Gasteiger partial charge in [-0.1, -0.05) is 0 Å². The maximum absolute atomic E-state index is 12.1. The summed E-state index contributed by atoms with van der Waals surface area (Å²) in [5.74, 6) is -0.121. The first-order valence-electron chi connectivity index (χ1n) is 8.20.